The van der Waals surface area contributed by atoms with E-state index in [1.165, 1.54) is 6.07 Å². The Morgan fingerprint density at radius 2 is 1.80 bits per heavy atom. The number of non-ortho nitro benzene ring substituents is 1. The molecule has 0 aliphatic rings. The second-order valence-electron chi connectivity index (χ2n) is 4.14. The zero-order chi connectivity index (χ0) is 14.4. The molecule has 0 saturated carbocycles. The molecule has 0 unspecified atom stereocenters. The molecule has 0 fully saturated rings. The summed E-state index contributed by atoms with van der Waals surface area (Å²) in [5, 5.41) is 10.8. The van der Waals surface area contributed by atoms with Crippen molar-refractivity contribution < 1.29 is 18.1 Å². The fourth-order valence-electron chi connectivity index (χ4n) is 2.06. The Kier molecular flexibility index (Phi) is 2.50. The molecule has 0 bridgehead atoms. The van der Waals surface area contributed by atoms with E-state index in [-0.39, 0.29) is 27.4 Å². The van der Waals surface area contributed by atoms with Crippen LogP contribution in [0.2, 0.25) is 0 Å². The molecule has 0 saturated heterocycles. The minimum Gasteiger partial charge on any atom is -0.419 e. The zero-order valence-electron chi connectivity index (χ0n) is 9.72. The van der Waals surface area contributed by atoms with Gasteiger partial charge in [-0.2, -0.15) is 0 Å². The van der Waals surface area contributed by atoms with Crippen LogP contribution in [0.25, 0.3) is 21.7 Å². The lowest BCUT2D eigenvalue weighted by Crippen LogP contribution is -2.02. The van der Waals surface area contributed by atoms with Crippen molar-refractivity contribution in [1.29, 1.82) is 0 Å². The molecule has 1 aromatic heterocycles. The topological polar surface area (TPSA) is 73.3 Å². The van der Waals surface area contributed by atoms with Gasteiger partial charge in [0.15, 0.2) is 11.4 Å². The molecule has 3 rings (SSSR count). The van der Waals surface area contributed by atoms with E-state index in [1.54, 1.807) is 0 Å². The van der Waals surface area contributed by atoms with Crippen LogP contribution in [0, 0.1) is 21.7 Å². The summed E-state index contributed by atoms with van der Waals surface area (Å²) in [5.41, 5.74) is -1.60. The normalized spacial score (nSPS) is 11.1. The molecule has 2 aromatic carbocycles. The lowest BCUT2D eigenvalue weighted by atomic mass is 10.1. The highest BCUT2D eigenvalue weighted by molar-refractivity contribution is 6.04. The summed E-state index contributed by atoms with van der Waals surface area (Å²) in [7, 11) is 0. The second kappa shape index (κ2) is 4.09. The van der Waals surface area contributed by atoms with Gasteiger partial charge in [-0.25, -0.2) is 13.6 Å². The average molecular weight is 277 g/mol. The highest BCUT2D eigenvalue weighted by Crippen LogP contribution is 2.28. The van der Waals surface area contributed by atoms with Gasteiger partial charge in [0.05, 0.1) is 10.3 Å². The molecular formula is C13H5F2NO4. The number of nitrogens with zero attached hydrogens (tertiary/aromatic N) is 1. The molecular weight excluding hydrogens is 272 g/mol. The van der Waals surface area contributed by atoms with Crippen molar-refractivity contribution in [2.75, 3.05) is 0 Å². The number of hydrogen-bond donors (Lipinski definition) is 0. The maximum absolute atomic E-state index is 13.6. The monoisotopic (exact) mass is 277 g/mol. The van der Waals surface area contributed by atoms with Crippen LogP contribution in [0.1, 0.15) is 0 Å². The summed E-state index contributed by atoms with van der Waals surface area (Å²) in [5.74, 6) is -1.83. The van der Waals surface area contributed by atoms with Gasteiger partial charge in [-0.1, -0.05) is 0 Å². The third kappa shape index (κ3) is 1.71. The first kappa shape index (κ1) is 12.2. The van der Waals surface area contributed by atoms with E-state index in [0.717, 1.165) is 18.2 Å². The Morgan fingerprint density at radius 1 is 1.05 bits per heavy atom. The van der Waals surface area contributed by atoms with Crippen LogP contribution in [0.5, 0.6) is 0 Å². The molecule has 7 heteroatoms. The van der Waals surface area contributed by atoms with Crippen molar-refractivity contribution in [3.05, 3.63) is 62.5 Å². The zero-order valence-corrected chi connectivity index (χ0v) is 9.72. The third-order valence-electron chi connectivity index (χ3n) is 2.93. The van der Waals surface area contributed by atoms with Crippen LogP contribution in [0.4, 0.5) is 14.5 Å². The van der Waals surface area contributed by atoms with Crippen molar-refractivity contribution in [3.63, 3.8) is 0 Å². The first-order valence-corrected chi connectivity index (χ1v) is 5.47. The lowest BCUT2D eigenvalue weighted by molar-refractivity contribution is -0.384. The van der Waals surface area contributed by atoms with Crippen molar-refractivity contribution in [3.8, 4) is 0 Å². The Morgan fingerprint density at radius 3 is 2.50 bits per heavy atom. The van der Waals surface area contributed by atoms with Crippen LogP contribution in [-0.2, 0) is 0 Å². The predicted octanol–water partition coefficient (Wildman–Crippen LogP) is 3.13. The van der Waals surface area contributed by atoms with Crippen LogP contribution < -0.4 is 5.63 Å². The summed E-state index contributed by atoms with van der Waals surface area (Å²) in [6.07, 6.45) is 0. The van der Waals surface area contributed by atoms with Crippen molar-refractivity contribution >= 4 is 27.4 Å². The van der Waals surface area contributed by atoms with Gasteiger partial charge in [-0.05, 0) is 12.1 Å². The molecule has 0 atom stereocenters. The van der Waals surface area contributed by atoms with Crippen molar-refractivity contribution in [2.45, 2.75) is 0 Å². The highest BCUT2D eigenvalue weighted by Gasteiger charge is 2.15. The number of hydrogen-bond acceptors (Lipinski definition) is 4. The van der Waals surface area contributed by atoms with E-state index in [4.69, 9.17) is 4.42 Å². The van der Waals surface area contributed by atoms with E-state index in [0.29, 0.717) is 6.07 Å². The van der Waals surface area contributed by atoms with Gasteiger partial charge >= 0.3 is 5.63 Å². The Balaban J connectivity index is 2.54. The summed E-state index contributed by atoms with van der Waals surface area (Å²) < 4.78 is 31.6. The minimum atomic E-state index is -1.00. The van der Waals surface area contributed by atoms with Crippen molar-refractivity contribution in [2.24, 2.45) is 0 Å². The van der Waals surface area contributed by atoms with Crippen LogP contribution in [0.3, 0.4) is 0 Å². The minimum absolute atomic E-state index is 0.0481. The summed E-state index contributed by atoms with van der Waals surface area (Å²) in [6.45, 7) is 0. The molecule has 5 nitrogen and oxygen atoms in total. The summed E-state index contributed by atoms with van der Waals surface area (Å²) in [6, 6.07) is 5.05. The standard InChI is InChI=1S/C13H5F2NO4/c14-6-3-9-8-2-1-7(16(18)19)5-10(8)13(17)20-12(9)11(15)4-6/h1-5H. The van der Waals surface area contributed by atoms with Gasteiger partial charge in [0.25, 0.3) is 5.69 Å². The number of benzene rings is 2. The number of rotatable bonds is 1. The van der Waals surface area contributed by atoms with E-state index in [9.17, 15) is 23.7 Å². The van der Waals surface area contributed by atoms with Gasteiger partial charge in [0, 0.05) is 29.0 Å². The Labute approximate surface area is 109 Å². The van der Waals surface area contributed by atoms with Gasteiger partial charge in [-0.3, -0.25) is 10.1 Å². The number of fused-ring (bicyclic) bond motifs is 3. The molecule has 0 spiro atoms. The van der Waals surface area contributed by atoms with Gasteiger partial charge in [0.2, 0.25) is 0 Å². The average Bonchev–Trinajstić information content (AvgIpc) is 2.40. The van der Waals surface area contributed by atoms with E-state index >= 15 is 0 Å². The van der Waals surface area contributed by atoms with Crippen LogP contribution in [0.15, 0.2) is 39.5 Å². The maximum atomic E-state index is 13.6. The maximum Gasteiger partial charge on any atom is 0.344 e. The van der Waals surface area contributed by atoms with E-state index in [1.807, 2.05) is 0 Å². The van der Waals surface area contributed by atoms with Gasteiger partial charge < -0.3 is 4.42 Å². The molecule has 0 amide bonds. The fraction of sp³-hybridized carbons (Fsp3) is 0. The largest absolute Gasteiger partial charge is 0.419 e. The quantitative estimate of drug-likeness (QED) is 0.296. The van der Waals surface area contributed by atoms with Gasteiger partial charge in [0.1, 0.15) is 5.82 Å². The number of nitro groups is 1. The number of halogens is 2. The van der Waals surface area contributed by atoms with Gasteiger partial charge in [-0.15, -0.1) is 0 Å². The second-order valence-corrected chi connectivity index (χ2v) is 4.14. The highest BCUT2D eigenvalue weighted by atomic mass is 19.1. The Bertz CT molecular complexity index is 933. The molecule has 20 heavy (non-hydrogen) atoms. The molecule has 0 aliphatic heterocycles. The Hall–Kier alpha value is -2.83. The summed E-state index contributed by atoms with van der Waals surface area (Å²) >= 11 is 0. The lowest BCUT2D eigenvalue weighted by Gasteiger charge is -2.03. The fourth-order valence-corrected chi connectivity index (χ4v) is 2.06. The smallest absolute Gasteiger partial charge is 0.344 e. The van der Waals surface area contributed by atoms with E-state index in [2.05, 4.69) is 0 Å². The SMILES string of the molecule is O=c1oc2c(F)cc(F)cc2c2ccc([N+](=O)[O-])cc12. The molecule has 0 radical (unpaired) electrons. The first-order chi connectivity index (χ1) is 9.47. The van der Waals surface area contributed by atoms with E-state index < -0.39 is 22.2 Å². The molecule has 3 aromatic rings. The third-order valence-corrected chi connectivity index (χ3v) is 2.93. The summed E-state index contributed by atoms with van der Waals surface area (Å²) in [4.78, 5) is 21.8. The predicted molar refractivity (Wildman–Crippen MR) is 66.6 cm³/mol. The first-order valence-electron chi connectivity index (χ1n) is 5.47. The van der Waals surface area contributed by atoms with Crippen LogP contribution in [-0.4, -0.2) is 4.92 Å². The van der Waals surface area contributed by atoms with Crippen LogP contribution >= 0.6 is 0 Å². The van der Waals surface area contributed by atoms with Crippen molar-refractivity contribution in [1.82, 2.24) is 0 Å². The molecule has 0 N–H and O–H groups in total. The number of nitro benzene ring substituents is 1. The molecule has 1 heterocycles. The molecule has 100 valence electrons. The molecule has 0 aliphatic carbocycles.